The Bertz CT molecular complexity index is 898. The van der Waals surface area contributed by atoms with Crippen LogP contribution in [0.5, 0.6) is 0 Å². The van der Waals surface area contributed by atoms with Gasteiger partial charge >= 0.3 is 0 Å². The van der Waals surface area contributed by atoms with Crippen LogP contribution >= 0.6 is 11.6 Å². The fraction of sp³-hybridized carbons (Fsp3) is 0.391. The zero-order valence-electron chi connectivity index (χ0n) is 16.8. The second-order valence-corrected chi connectivity index (χ2v) is 8.91. The van der Waals surface area contributed by atoms with Crippen LogP contribution in [-0.2, 0) is 0 Å². The SMILES string of the molecule is CC1(C)CN(C(=O)c2ccccc2)CC2CN(C(=O)c3ccc(Cl)cc3)CCN21. The Morgan fingerprint density at radius 1 is 0.862 bits per heavy atom. The molecular weight excluding hydrogens is 386 g/mol. The lowest BCUT2D eigenvalue weighted by molar-refractivity contribution is -0.0507. The van der Waals surface area contributed by atoms with Gasteiger partial charge in [0.05, 0.1) is 0 Å². The zero-order valence-corrected chi connectivity index (χ0v) is 17.6. The standard InChI is InChI=1S/C23H26ClN3O2/c1-23(2)16-26(22(29)17-6-4-3-5-7-17)15-20-14-25(12-13-27(20)23)21(28)18-8-10-19(24)11-9-18/h3-11,20H,12-16H2,1-2H3. The molecule has 0 spiro atoms. The largest absolute Gasteiger partial charge is 0.336 e. The Morgan fingerprint density at radius 3 is 2.14 bits per heavy atom. The van der Waals surface area contributed by atoms with Gasteiger partial charge in [-0.05, 0) is 50.2 Å². The molecule has 0 N–H and O–H groups in total. The third kappa shape index (κ3) is 4.02. The van der Waals surface area contributed by atoms with Crippen LogP contribution < -0.4 is 0 Å². The van der Waals surface area contributed by atoms with Crippen molar-refractivity contribution in [3.8, 4) is 0 Å². The first-order valence-corrected chi connectivity index (χ1v) is 10.4. The number of fused-ring (bicyclic) bond motifs is 1. The van der Waals surface area contributed by atoms with Crippen molar-refractivity contribution in [3.63, 3.8) is 0 Å². The molecule has 2 aromatic rings. The van der Waals surface area contributed by atoms with Crippen LogP contribution in [0, 0.1) is 0 Å². The normalized spacial score (nSPS) is 21.6. The number of carbonyl (C=O) groups excluding carboxylic acids is 2. The van der Waals surface area contributed by atoms with Crippen LogP contribution in [0.1, 0.15) is 34.6 Å². The van der Waals surface area contributed by atoms with Crippen molar-refractivity contribution in [3.05, 3.63) is 70.7 Å². The summed E-state index contributed by atoms with van der Waals surface area (Å²) in [6.45, 7) is 7.79. The molecular formula is C23H26ClN3O2. The second-order valence-electron chi connectivity index (χ2n) is 8.47. The molecule has 0 bridgehead atoms. The second kappa shape index (κ2) is 7.81. The van der Waals surface area contributed by atoms with E-state index < -0.39 is 0 Å². The molecule has 4 rings (SSSR count). The molecule has 1 atom stereocenters. The fourth-order valence-electron chi connectivity index (χ4n) is 4.56. The minimum Gasteiger partial charge on any atom is -0.336 e. The average Bonchev–Trinajstić information content (AvgIpc) is 2.73. The van der Waals surface area contributed by atoms with E-state index >= 15 is 0 Å². The molecule has 0 aromatic heterocycles. The molecule has 2 aliphatic rings. The lowest BCUT2D eigenvalue weighted by Crippen LogP contribution is -2.70. The van der Waals surface area contributed by atoms with E-state index in [1.807, 2.05) is 40.1 Å². The quantitative estimate of drug-likeness (QED) is 0.760. The Hall–Kier alpha value is -2.37. The van der Waals surface area contributed by atoms with Gasteiger partial charge in [0, 0.05) is 60.5 Å². The van der Waals surface area contributed by atoms with Gasteiger partial charge in [0.15, 0.2) is 0 Å². The highest BCUT2D eigenvalue weighted by Crippen LogP contribution is 2.29. The number of piperazine rings is 2. The maximum atomic E-state index is 13.0. The number of hydrogen-bond donors (Lipinski definition) is 0. The Balaban J connectivity index is 1.51. The molecule has 2 aliphatic heterocycles. The van der Waals surface area contributed by atoms with E-state index in [0.717, 1.165) is 6.54 Å². The monoisotopic (exact) mass is 411 g/mol. The Kier molecular flexibility index (Phi) is 5.36. The van der Waals surface area contributed by atoms with Gasteiger partial charge in [0.25, 0.3) is 11.8 Å². The molecule has 2 heterocycles. The number of nitrogens with zero attached hydrogens (tertiary/aromatic N) is 3. The van der Waals surface area contributed by atoms with Gasteiger partial charge < -0.3 is 9.80 Å². The van der Waals surface area contributed by atoms with Crippen LogP contribution in [0.15, 0.2) is 54.6 Å². The minimum atomic E-state index is -0.136. The molecule has 6 heteroatoms. The van der Waals surface area contributed by atoms with E-state index in [1.165, 1.54) is 0 Å². The summed E-state index contributed by atoms with van der Waals surface area (Å²) in [6, 6.07) is 16.6. The van der Waals surface area contributed by atoms with Gasteiger partial charge in [-0.3, -0.25) is 14.5 Å². The van der Waals surface area contributed by atoms with Crippen LogP contribution in [-0.4, -0.2) is 70.8 Å². The molecule has 29 heavy (non-hydrogen) atoms. The number of hydrogen-bond acceptors (Lipinski definition) is 3. The number of halogens is 1. The Labute approximate surface area is 176 Å². The first-order valence-electron chi connectivity index (χ1n) is 10.0. The molecule has 1 unspecified atom stereocenters. The number of benzene rings is 2. The van der Waals surface area contributed by atoms with Crippen molar-refractivity contribution >= 4 is 23.4 Å². The van der Waals surface area contributed by atoms with Crippen molar-refractivity contribution in [2.45, 2.75) is 25.4 Å². The van der Waals surface area contributed by atoms with Crippen molar-refractivity contribution in [2.24, 2.45) is 0 Å². The molecule has 0 aliphatic carbocycles. The van der Waals surface area contributed by atoms with E-state index in [-0.39, 0.29) is 23.4 Å². The topological polar surface area (TPSA) is 43.9 Å². The highest BCUT2D eigenvalue weighted by Gasteiger charge is 2.44. The first kappa shape index (κ1) is 19.9. The van der Waals surface area contributed by atoms with E-state index in [1.54, 1.807) is 24.3 Å². The lowest BCUT2D eigenvalue weighted by atomic mass is 9.92. The van der Waals surface area contributed by atoms with Gasteiger partial charge in [-0.1, -0.05) is 29.8 Å². The third-order valence-electron chi connectivity index (χ3n) is 5.96. The molecule has 152 valence electrons. The predicted molar refractivity (Wildman–Crippen MR) is 114 cm³/mol. The van der Waals surface area contributed by atoms with Crippen molar-refractivity contribution < 1.29 is 9.59 Å². The molecule has 0 saturated carbocycles. The van der Waals surface area contributed by atoms with Gasteiger partial charge in [-0.2, -0.15) is 0 Å². The van der Waals surface area contributed by atoms with Crippen LogP contribution in [0.3, 0.4) is 0 Å². The highest BCUT2D eigenvalue weighted by molar-refractivity contribution is 6.30. The zero-order chi connectivity index (χ0) is 20.6. The molecule has 2 amide bonds. The van der Waals surface area contributed by atoms with Crippen LogP contribution in [0.25, 0.3) is 0 Å². The average molecular weight is 412 g/mol. The van der Waals surface area contributed by atoms with E-state index in [0.29, 0.717) is 42.3 Å². The summed E-state index contributed by atoms with van der Waals surface area (Å²) in [5, 5.41) is 0.621. The van der Waals surface area contributed by atoms with Crippen LogP contribution in [0.2, 0.25) is 5.02 Å². The van der Waals surface area contributed by atoms with Crippen LogP contribution in [0.4, 0.5) is 0 Å². The maximum Gasteiger partial charge on any atom is 0.253 e. The van der Waals surface area contributed by atoms with Gasteiger partial charge in [-0.15, -0.1) is 0 Å². The number of amides is 2. The summed E-state index contributed by atoms with van der Waals surface area (Å²) >= 11 is 5.95. The van der Waals surface area contributed by atoms with Crippen molar-refractivity contribution in [1.29, 1.82) is 0 Å². The maximum absolute atomic E-state index is 13.0. The Morgan fingerprint density at radius 2 is 1.45 bits per heavy atom. The predicted octanol–water partition coefficient (Wildman–Crippen LogP) is 3.40. The summed E-state index contributed by atoms with van der Waals surface area (Å²) in [6.07, 6.45) is 0. The summed E-state index contributed by atoms with van der Waals surface area (Å²) in [4.78, 5) is 32.3. The molecule has 2 fully saturated rings. The number of rotatable bonds is 2. The summed E-state index contributed by atoms with van der Waals surface area (Å²) < 4.78 is 0. The first-order chi connectivity index (χ1) is 13.8. The molecule has 0 radical (unpaired) electrons. The third-order valence-corrected chi connectivity index (χ3v) is 6.21. The minimum absolute atomic E-state index is 0.0191. The number of carbonyl (C=O) groups is 2. The molecule has 2 saturated heterocycles. The van der Waals surface area contributed by atoms with Gasteiger partial charge in [0.2, 0.25) is 0 Å². The van der Waals surface area contributed by atoms with E-state index in [4.69, 9.17) is 11.6 Å². The van der Waals surface area contributed by atoms with Crippen molar-refractivity contribution in [1.82, 2.24) is 14.7 Å². The fourth-order valence-corrected chi connectivity index (χ4v) is 4.69. The van der Waals surface area contributed by atoms with Gasteiger partial charge in [0.1, 0.15) is 0 Å². The van der Waals surface area contributed by atoms with E-state index in [9.17, 15) is 9.59 Å². The molecule has 5 nitrogen and oxygen atoms in total. The summed E-state index contributed by atoms with van der Waals surface area (Å²) in [7, 11) is 0. The van der Waals surface area contributed by atoms with E-state index in [2.05, 4.69) is 18.7 Å². The molecule has 2 aromatic carbocycles. The van der Waals surface area contributed by atoms with Gasteiger partial charge in [-0.25, -0.2) is 0 Å². The van der Waals surface area contributed by atoms with Crippen molar-refractivity contribution in [2.75, 3.05) is 32.7 Å². The smallest absolute Gasteiger partial charge is 0.253 e. The summed E-state index contributed by atoms with van der Waals surface area (Å²) in [5.74, 6) is 0.0742. The highest BCUT2D eigenvalue weighted by atomic mass is 35.5. The summed E-state index contributed by atoms with van der Waals surface area (Å²) in [5.41, 5.74) is 1.22. The lowest BCUT2D eigenvalue weighted by Gasteiger charge is -2.55.